The first-order chi connectivity index (χ1) is 10.6. The van der Waals surface area contributed by atoms with Gasteiger partial charge in [-0.1, -0.05) is 33.1 Å². The van der Waals surface area contributed by atoms with Crippen molar-refractivity contribution in [1.29, 1.82) is 0 Å². The van der Waals surface area contributed by atoms with Gasteiger partial charge in [0.1, 0.15) is 11.8 Å². The van der Waals surface area contributed by atoms with Crippen LogP contribution >= 0.6 is 0 Å². The summed E-state index contributed by atoms with van der Waals surface area (Å²) in [6.07, 6.45) is 4.40. The van der Waals surface area contributed by atoms with E-state index < -0.39 is 12.0 Å². The molecule has 0 radical (unpaired) electrons. The van der Waals surface area contributed by atoms with Crippen LogP contribution in [0.15, 0.2) is 24.3 Å². The summed E-state index contributed by atoms with van der Waals surface area (Å²) in [4.78, 5) is 23.1. The molecule has 0 saturated carbocycles. The Morgan fingerprint density at radius 1 is 1.14 bits per heavy atom. The normalized spacial score (nSPS) is 11.7. The maximum Gasteiger partial charge on any atom is 0.326 e. The predicted molar refractivity (Wildman–Crippen MR) is 85.3 cm³/mol. The highest BCUT2D eigenvalue weighted by Gasteiger charge is 2.19. The Morgan fingerprint density at radius 2 is 1.82 bits per heavy atom. The van der Waals surface area contributed by atoms with E-state index in [9.17, 15) is 9.59 Å². The predicted octanol–water partition coefficient (Wildman–Crippen LogP) is 3.24. The number of carboxylic acid groups (broad SMARTS) is 1. The molecule has 0 fully saturated rings. The Hall–Kier alpha value is -2.04. The third-order valence-electron chi connectivity index (χ3n) is 3.31. The van der Waals surface area contributed by atoms with Crippen molar-refractivity contribution in [2.45, 2.75) is 52.0 Å². The number of rotatable bonds is 10. The molecule has 122 valence electrons. The molecule has 2 N–H and O–H groups in total. The molecule has 5 nitrogen and oxygen atoms in total. The summed E-state index contributed by atoms with van der Waals surface area (Å²) in [7, 11) is 0. The largest absolute Gasteiger partial charge is 0.494 e. The van der Waals surface area contributed by atoms with Gasteiger partial charge in [-0.2, -0.15) is 0 Å². The number of aliphatic carboxylic acids is 1. The van der Waals surface area contributed by atoms with Crippen molar-refractivity contribution >= 4 is 11.9 Å². The van der Waals surface area contributed by atoms with Crippen molar-refractivity contribution in [2.24, 2.45) is 0 Å². The van der Waals surface area contributed by atoms with Crippen LogP contribution in [0, 0.1) is 0 Å². The number of carbonyl (C=O) groups is 2. The van der Waals surface area contributed by atoms with Crippen LogP contribution in [0.25, 0.3) is 0 Å². The summed E-state index contributed by atoms with van der Waals surface area (Å²) < 4.78 is 5.57. The van der Waals surface area contributed by atoms with E-state index in [1.165, 1.54) is 0 Å². The van der Waals surface area contributed by atoms with Gasteiger partial charge in [-0.15, -0.1) is 0 Å². The molecule has 5 heteroatoms. The highest BCUT2D eigenvalue weighted by atomic mass is 16.5. The molecule has 0 aliphatic carbocycles. The number of ether oxygens (including phenoxy) is 1. The van der Waals surface area contributed by atoms with Crippen LogP contribution in [-0.2, 0) is 4.79 Å². The molecule has 22 heavy (non-hydrogen) atoms. The third kappa shape index (κ3) is 6.16. The Balaban J connectivity index is 2.54. The monoisotopic (exact) mass is 307 g/mol. The van der Waals surface area contributed by atoms with Crippen molar-refractivity contribution in [3.05, 3.63) is 29.8 Å². The quantitative estimate of drug-likeness (QED) is 0.651. The lowest BCUT2D eigenvalue weighted by Gasteiger charge is -2.13. The molecule has 1 amide bonds. The molecule has 1 aromatic carbocycles. The number of hydrogen-bond donors (Lipinski definition) is 2. The first kappa shape index (κ1) is 18.0. The van der Waals surface area contributed by atoms with Gasteiger partial charge < -0.3 is 15.2 Å². The number of unbranched alkanes of at least 4 members (excludes halogenated alkanes) is 2. The topological polar surface area (TPSA) is 75.6 Å². The number of carbonyl (C=O) groups excluding carboxylic acids is 1. The first-order valence-corrected chi connectivity index (χ1v) is 7.85. The van der Waals surface area contributed by atoms with Gasteiger partial charge in [0.15, 0.2) is 0 Å². The molecule has 1 atom stereocenters. The van der Waals surface area contributed by atoms with Crippen molar-refractivity contribution in [2.75, 3.05) is 6.61 Å². The van der Waals surface area contributed by atoms with Gasteiger partial charge in [0.05, 0.1) is 6.61 Å². The number of carboxylic acids is 1. The first-order valence-electron chi connectivity index (χ1n) is 7.85. The summed E-state index contributed by atoms with van der Waals surface area (Å²) in [5.74, 6) is -0.666. The van der Waals surface area contributed by atoms with Crippen LogP contribution < -0.4 is 10.1 Å². The SMILES string of the molecule is CCCCCOc1ccc(C(=O)N[C@@H](CCC)C(=O)O)cc1. The van der Waals surface area contributed by atoms with Crippen LogP contribution in [0.1, 0.15) is 56.3 Å². The molecular weight excluding hydrogens is 282 g/mol. The summed E-state index contributed by atoms with van der Waals surface area (Å²) >= 11 is 0. The molecule has 0 heterocycles. The van der Waals surface area contributed by atoms with Gasteiger partial charge in [-0.25, -0.2) is 4.79 Å². The lowest BCUT2D eigenvalue weighted by Crippen LogP contribution is -2.40. The minimum Gasteiger partial charge on any atom is -0.494 e. The van der Waals surface area contributed by atoms with E-state index in [2.05, 4.69) is 12.2 Å². The van der Waals surface area contributed by atoms with Crippen LogP contribution in [0.2, 0.25) is 0 Å². The molecule has 0 unspecified atom stereocenters. The lowest BCUT2D eigenvalue weighted by atomic mass is 10.1. The minimum atomic E-state index is -1.01. The van der Waals surface area contributed by atoms with E-state index in [4.69, 9.17) is 9.84 Å². The van der Waals surface area contributed by atoms with Gasteiger partial charge in [0.25, 0.3) is 5.91 Å². The summed E-state index contributed by atoms with van der Waals surface area (Å²) in [5.41, 5.74) is 0.434. The van der Waals surface area contributed by atoms with E-state index in [0.29, 0.717) is 25.0 Å². The Morgan fingerprint density at radius 3 is 2.36 bits per heavy atom. The Kier molecular flexibility index (Phi) is 8.04. The minimum absolute atomic E-state index is 0.376. The molecule has 1 aromatic rings. The van der Waals surface area contributed by atoms with Gasteiger partial charge in [0.2, 0.25) is 0 Å². The fourth-order valence-corrected chi connectivity index (χ4v) is 2.03. The smallest absolute Gasteiger partial charge is 0.326 e. The van der Waals surface area contributed by atoms with Crippen LogP contribution in [-0.4, -0.2) is 29.6 Å². The van der Waals surface area contributed by atoms with Crippen molar-refractivity contribution < 1.29 is 19.4 Å². The molecule has 0 aliphatic heterocycles. The van der Waals surface area contributed by atoms with Gasteiger partial charge in [-0.3, -0.25) is 4.79 Å². The molecule has 0 bridgehead atoms. The Labute approximate surface area is 131 Å². The summed E-state index contributed by atoms with van der Waals surface area (Å²) in [5, 5.41) is 11.6. The average Bonchev–Trinajstić information content (AvgIpc) is 2.51. The fourth-order valence-electron chi connectivity index (χ4n) is 2.03. The number of nitrogens with one attached hydrogen (secondary N) is 1. The van der Waals surface area contributed by atoms with E-state index in [-0.39, 0.29) is 5.91 Å². The lowest BCUT2D eigenvalue weighted by molar-refractivity contribution is -0.139. The second kappa shape index (κ2) is 9.82. The molecule has 1 rings (SSSR count). The second-order valence-electron chi connectivity index (χ2n) is 5.23. The number of amides is 1. The van der Waals surface area contributed by atoms with E-state index in [0.717, 1.165) is 25.0 Å². The highest BCUT2D eigenvalue weighted by molar-refractivity contribution is 5.96. The van der Waals surface area contributed by atoms with Crippen LogP contribution in [0.5, 0.6) is 5.75 Å². The third-order valence-corrected chi connectivity index (χ3v) is 3.31. The average molecular weight is 307 g/mol. The zero-order valence-electron chi connectivity index (χ0n) is 13.3. The zero-order chi connectivity index (χ0) is 16.4. The van der Waals surface area contributed by atoms with E-state index in [1.54, 1.807) is 24.3 Å². The van der Waals surface area contributed by atoms with Crippen molar-refractivity contribution in [1.82, 2.24) is 5.32 Å². The standard InChI is InChI=1S/C17H25NO4/c1-3-5-6-12-22-14-10-8-13(9-11-14)16(19)18-15(7-4-2)17(20)21/h8-11,15H,3-7,12H2,1-2H3,(H,18,19)(H,20,21)/t15-/m0/s1. The van der Waals surface area contributed by atoms with Crippen molar-refractivity contribution in [3.63, 3.8) is 0 Å². The van der Waals surface area contributed by atoms with Crippen LogP contribution in [0.3, 0.4) is 0 Å². The summed E-state index contributed by atoms with van der Waals surface area (Å²) in [6, 6.07) is 5.92. The maximum atomic E-state index is 12.0. The molecule has 0 saturated heterocycles. The number of benzene rings is 1. The van der Waals surface area contributed by atoms with Crippen LogP contribution in [0.4, 0.5) is 0 Å². The Bertz CT molecular complexity index is 470. The summed E-state index contributed by atoms with van der Waals surface area (Å²) in [6.45, 7) is 4.68. The fraction of sp³-hybridized carbons (Fsp3) is 0.529. The highest BCUT2D eigenvalue weighted by Crippen LogP contribution is 2.13. The number of hydrogen-bond acceptors (Lipinski definition) is 3. The van der Waals surface area contributed by atoms with Crippen molar-refractivity contribution in [3.8, 4) is 5.75 Å². The van der Waals surface area contributed by atoms with Gasteiger partial charge >= 0.3 is 5.97 Å². The zero-order valence-corrected chi connectivity index (χ0v) is 13.3. The molecule has 0 spiro atoms. The van der Waals surface area contributed by atoms with E-state index in [1.807, 2.05) is 6.92 Å². The maximum absolute atomic E-state index is 12.0. The van der Waals surface area contributed by atoms with Gasteiger partial charge in [0, 0.05) is 5.56 Å². The molecule has 0 aromatic heterocycles. The van der Waals surface area contributed by atoms with E-state index >= 15 is 0 Å². The molecule has 0 aliphatic rings. The second-order valence-corrected chi connectivity index (χ2v) is 5.23. The van der Waals surface area contributed by atoms with Gasteiger partial charge in [-0.05, 0) is 37.1 Å². The molecular formula is C17H25NO4.